The van der Waals surface area contributed by atoms with Gasteiger partial charge in [-0.2, -0.15) is 0 Å². The van der Waals surface area contributed by atoms with Crippen LogP contribution >= 0.6 is 23.1 Å². The number of benzene rings is 1. The number of aryl methyl sites for hydroxylation is 1. The molecule has 0 aliphatic rings. The number of hydrogen-bond donors (Lipinski definition) is 1. The number of hydrogen-bond acceptors (Lipinski definition) is 7. The topological polar surface area (TPSA) is 85.6 Å². The summed E-state index contributed by atoms with van der Waals surface area (Å²) in [6, 6.07) is 10.1. The minimum atomic E-state index is -0.355. The third kappa shape index (κ3) is 5.01. The van der Waals surface area contributed by atoms with Gasteiger partial charge in [0.25, 0.3) is 0 Å². The highest BCUT2D eigenvalue weighted by Crippen LogP contribution is 2.25. The predicted octanol–water partition coefficient (Wildman–Crippen LogP) is 3.33. The van der Waals surface area contributed by atoms with E-state index in [1.165, 1.54) is 23.1 Å². The molecule has 1 amide bonds. The summed E-state index contributed by atoms with van der Waals surface area (Å²) in [6.07, 6.45) is 2.48. The lowest BCUT2D eigenvalue weighted by molar-refractivity contribution is -0.115. The van der Waals surface area contributed by atoms with Crippen LogP contribution in [0.25, 0.3) is 0 Å². The van der Waals surface area contributed by atoms with E-state index in [9.17, 15) is 4.79 Å². The van der Waals surface area contributed by atoms with Crippen molar-refractivity contribution in [3.05, 3.63) is 59.4 Å². The molecule has 3 aromatic rings. The molecule has 9 heteroatoms. The van der Waals surface area contributed by atoms with Crippen molar-refractivity contribution in [2.75, 3.05) is 5.32 Å². The number of nitrogens with zero attached hydrogens (tertiary/aromatic N) is 5. The molecule has 1 unspecified atom stereocenters. The average molecular weight is 401 g/mol. The van der Waals surface area contributed by atoms with E-state index in [-0.39, 0.29) is 11.2 Å². The van der Waals surface area contributed by atoms with E-state index in [0.717, 1.165) is 16.4 Å². The van der Waals surface area contributed by atoms with Gasteiger partial charge in [-0.1, -0.05) is 59.5 Å². The fourth-order valence-corrected chi connectivity index (χ4v) is 3.87. The Morgan fingerprint density at radius 2 is 2.07 bits per heavy atom. The molecule has 0 aliphatic carbocycles. The first-order valence-electron chi connectivity index (χ1n) is 8.41. The molecule has 27 heavy (non-hydrogen) atoms. The number of amides is 1. The Bertz CT molecular complexity index is 921. The lowest BCUT2D eigenvalue weighted by atomic mass is 10.1. The number of aromatic nitrogens is 5. The zero-order valence-electron chi connectivity index (χ0n) is 15.1. The monoisotopic (exact) mass is 400 g/mol. The van der Waals surface area contributed by atoms with Gasteiger partial charge in [0.05, 0.1) is 5.25 Å². The Hall–Kier alpha value is -2.52. The minimum absolute atomic E-state index is 0.145. The number of allylic oxidation sites excluding steroid dienone is 1. The SMILES string of the molecule is C=CCn1c(Cc2ccccc2)nnc1SC(C)C(=O)Nc1nnc(C)s1. The second-order valence-electron chi connectivity index (χ2n) is 5.84. The van der Waals surface area contributed by atoms with Crippen molar-refractivity contribution in [3.63, 3.8) is 0 Å². The fourth-order valence-electron chi connectivity index (χ4n) is 2.39. The number of nitrogens with one attached hydrogen (secondary N) is 1. The number of carbonyl (C=O) groups is 1. The summed E-state index contributed by atoms with van der Waals surface area (Å²) in [6.45, 7) is 8.08. The molecule has 0 bridgehead atoms. The number of thioether (sulfide) groups is 1. The van der Waals surface area contributed by atoms with Crippen molar-refractivity contribution in [2.24, 2.45) is 0 Å². The Balaban J connectivity index is 1.71. The van der Waals surface area contributed by atoms with Crippen LogP contribution in [0, 0.1) is 6.92 Å². The van der Waals surface area contributed by atoms with Crippen LogP contribution < -0.4 is 5.32 Å². The van der Waals surface area contributed by atoms with Gasteiger partial charge in [0.1, 0.15) is 10.8 Å². The molecule has 0 saturated carbocycles. The molecular weight excluding hydrogens is 380 g/mol. The van der Waals surface area contributed by atoms with Gasteiger partial charge in [-0.25, -0.2) is 0 Å². The maximum atomic E-state index is 12.4. The minimum Gasteiger partial charge on any atom is -0.302 e. The first kappa shape index (κ1) is 19.2. The van der Waals surface area contributed by atoms with E-state index < -0.39 is 0 Å². The van der Waals surface area contributed by atoms with Crippen molar-refractivity contribution >= 4 is 34.1 Å². The molecule has 0 spiro atoms. The van der Waals surface area contributed by atoms with Crippen LogP contribution in [0.1, 0.15) is 23.3 Å². The second kappa shape index (κ2) is 8.92. The summed E-state index contributed by atoms with van der Waals surface area (Å²) in [5, 5.41) is 20.9. The summed E-state index contributed by atoms with van der Waals surface area (Å²) in [5.74, 6) is 0.699. The Morgan fingerprint density at radius 3 is 2.74 bits per heavy atom. The largest absolute Gasteiger partial charge is 0.302 e. The molecule has 1 aromatic carbocycles. The first-order valence-corrected chi connectivity index (χ1v) is 10.1. The van der Waals surface area contributed by atoms with Gasteiger partial charge in [0, 0.05) is 13.0 Å². The first-order chi connectivity index (χ1) is 13.1. The molecule has 1 N–H and O–H groups in total. The molecule has 7 nitrogen and oxygen atoms in total. The van der Waals surface area contributed by atoms with Gasteiger partial charge >= 0.3 is 0 Å². The van der Waals surface area contributed by atoms with Crippen molar-refractivity contribution in [1.82, 2.24) is 25.0 Å². The molecular formula is C18H20N6OS2. The van der Waals surface area contributed by atoms with E-state index in [1.54, 1.807) is 6.08 Å². The van der Waals surface area contributed by atoms with Crippen LogP contribution in [-0.4, -0.2) is 36.1 Å². The molecule has 0 aliphatic heterocycles. The number of anilines is 1. The lowest BCUT2D eigenvalue weighted by Gasteiger charge is -2.11. The molecule has 2 heterocycles. The van der Waals surface area contributed by atoms with Crippen molar-refractivity contribution in [1.29, 1.82) is 0 Å². The smallest absolute Gasteiger partial charge is 0.239 e. The van der Waals surface area contributed by atoms with E-state index >= 15 is 0 Å². The van der Waals surface area contributed by atoms with Gasteiger partial charge in [-0.05, 0) is 19.4 Å². The second-order valence-corrected chi connectivity index (χ2v) is 8.33. The van der Waals surface area contributed by atoms with E-state index in [2.05, 4.69) is 44.4 Å². The van der Waals surface area contributed by atoms with Crippen LogP contribution in [-0.2, 0) is 17.8 Å². The van der Waals surface area contributed by atoms with Gasteiger partial charge < -0.3 is 4.57 Å². The average Bonchev–Trinajstić information content (AvgIpc) is 3.23. The highest BCUT2D eigenvalue weighted by molar-refractivity contribution is 8.00. The van der Waals surface area contributed by atoms with Gasteiger partial charge in [-0.3, -0.25) is 10.1 Å². The van der Waals surface area contributed by atoms with Crippen LogP contribution in [0.5, 0.6) is 0 Å². The van der Waals surface area contributed by atoms with Crippen molar-refractivity contribution in [2.45, 2.75) is 37.2 Å². The molecule has 140 valence electrons. The third-order valence-electron chi connectivity index (χ3n) is 3.72. The van der Waals surface area contributed by atoms with Crippen LogP contribution in [0.15, 0.2) is 48.1 Å². The molecule has 0 radical (unpaired) electrons. The van der Waals surface area contributed by atoms with Crippen molar-refractivity contribution in [3.8, 4) is 0 Å². The summed E-state index contributed by atoms with van der Waals surface area (Å²) in [4.78, 5) is 12.4. The van der Waals surface area contributed by atoms with E-state index in [1.807, 2.05) is 36.6 Å². The van der Waals surface area contributed by atoms with E-state index in [0.29, 0.717) is 23.3 Å². The standard InChI is InChI=1S/C18H20N6OS2/c1-4-10-24-15(11-14-8-6-5-7-9-14)21-23-18(24)26-12(2)16(25)19-17-22-20-13(3)27-17/h4-9,12H,1,10-11H2,2-3H3,(H,19,22,25). The Labute approximate surface area is 165 Å². The van der Waals surface area contributed by atoms with Gasteiger partial charge in [0.15, 0.2) is 5.16 Å². The van der Waals surface area contributed by atoms with Crippen LogP contribution in [0.4, 0.5) is 5.13 Å². The van der Waals surface area contributed by atoms with Gasteiger partial charge in [0.2, 0.25) is 11.0 Å². The third-order valence-corrected chi connectivity index (χ3v) is 5.55. The summed E-state index contributed by atoms with van der Waals surface area (Å²) in [5.41, 5.74) is 1.16. The lowest BCUT2D eigenvalue weighted by Crippen LogP contribution is -2.23. The normalized spacial score (nSPS) is 11.9. The van der Waals surface area contributed by atoms with Crippen LogP contribution in [0.2, 0.25) is 0 Å². The summed E-state index contributed by atoms with van der Waals surface area (Å²) < 4.78 is 1.99. The maximum Gasteiger partial charge on any atom is 0.239 e. The zero-order chi connectivity index (χ0) is 19.2. The fraction of sp³-hybridized carbons (Fsp3) is 0.278. The van der Waals surface area contributed by atoms with Crippen molar-refractivity contribution < 1.29 is 4.79 Å². The Morgan fingerprint density at radius 1 is 1.30 bits per heavy atom. The summed E-state index contributed by atoms with van der Waals surface area (Å²) >= 11 is 2.71. The summed E-state index contributed by atoms with van der Waals surface area (Å²) in [7, 11) is 0. The molecule has 2 aromatic heterocycles. The van der Waals surface area contributed by atoms with Gasteiger partial charge in [-0.15, -0.1) is 27.0 Å². The van der Waals surface area contributed by atoms with E-state index in [4.69, 9.17) is 0 Å². The molecule has 0 fully saturated rings. The molecule has 0 saturated heterocycles. The predicted molar refractivity (Wildman–Crippen MR) is 108 cm³/mol. The zero-order valence-corrected chi connectivity index (χ0v) is 16.8. The number of rotatable bonds is 8. The molecule has 1 atom stereocenters. The highest BCUT2D eigenvalue weighted by Gasteiger charge is 2.21. The molecule has 3 rings (SSSR count). The highest BCUT2D eigenvalue weighted by atomic mass is 32.2. The Kier molecular flexibility index (Phi) is 6.36. The number of carbonyl (C=O) groups excluding carboxylic acids is 1. The van der Waals surface area contributed by atoms with Crippen LogP contribution in [0.3, 0.4) is 0 Å². The quantitative estimate of drug-likeness (QED) is 0.461. The maximum absolute atomic E-state index is 12.4.